The molecular formula is C17H17F3N2O2S. The second-order valence-electron chi connectivity index (χ2n) is 5.14. The van der Waals surface area contributed by atoms with Crippen molar-refractivity contribution in [3.63, 3.8) is 0 Å². The molecule has 0 bridgehead atoms. The van der Waals surface area contributed by atoms with Gasteiger partial charge < -0.3 is 20.1 Å². The summed E-state index contributed by atoms with van der Waals surface area (Å²) >= 11 is 5.19. The van der Waals surface area contributed by atoms with Gasteiger partial charge in [0, 0.05) is 17.8 Å². The SMILES string of the molecule is COc1ccc(NC(=S)NCc2ccccc2OC(F)(F)F)c(C)c1. The Morgan fingerprint density at radius 2 is 1.88 bits per heavy atom. The number of aryl methyl sites for hydroxylation is 1. The van der Waals surface area contributed by atoms with Crippen LogP contribution in [0.25, 0.3) is 0 Å². The van der Waals surface area contributed by atoms with Crippen LogP contribution in [0.15, 0.2) is 42.5 Å². The second-order valence-corrected chi connectivity index (χ2v) is 5.55. The molecule has 0 amide bonds. The molecule has 25 heavy (non-hydrogen) atoms. The van der Waals surface area contributed by atoms with E-state index < -0.39 is 6.36 Å². The van der Waals surface area contributed by atoms with Gasteiger partial charge in [-0.3, -0.25) is 0 Å². The van der Waals surface area contributed by atoms with Crippen LogP contribution in [0.2, 0.25) is 0 Å². The number of benzene rings is 2. The van der Waals surface area contributed by atoms with Gasteiger partial charge in [-0.2, -0.15) is 0 Å². The van der Waals surface area contributed by atoms with Gasteiger partial charge in [0.1, 0.15) is 11.5 Å². The topological polar surface area (TPSA) is 42.5 Å². The summed E-state index contributed by atoms with van der Waals surface area (Å²) in [5.74, 6) is 0.464. The fraction of sp³-hybridized carbons (Fsp3) is 0.235. The Bertz CT molecular complexity index is 751. The number of hydrogen-bond acceptors (Lipinski definition) is 3. The number of halogens is 3. The molecule has 2 aromatic rings. The molecule has 0 aliphatic carbocycles. The molecule has 0 atom stereocenters. The molecule has 134 valence electrons. The van der Waals surface area contributed by atoms with Crippen LogP contribution < -0.4 is 20.1 Å². The van der Waals surface area contributed by atoms with Gasteiger partial charge in [-0.05, 0) is 49.0 Å². The highest BCUT2D eigenvalue weighted by molar-refractivity contribution is 7.80. The summed E-state index contributed by atoms with van der Waals surface area (Å²) in [6.45, 7) is 1.98. The highest BCUT2D eigenvalue weighted by Crippen LogP contribution is 2.26. The van der Waals surface area contributed by atoms with Gasteiger partial charge in [0.2, 0.25) is 0 Å². The largest absolute Gasteiger partial charge is 0.573 e. The van der Waals surface area contributed by atoms with Crippen molar-refractivity contribution in [1.29, 1.82) is 0 Å². The van der Waals surface area contributed by atoms with E-state index in [0.717, 1.165) is 17.0 Å². The summed E-state index contributed by atoms with van der Waals surface area (Å²) in [5, 5.41) is 6.16. The molecule has 0 saturated heterocycles. The van der Waals surface area contributed by atoms with E-state index in [1.54, 1.807) is 19.2 Å². The van der Waals surface area contributed by atoms with E-state index in [4.69, 9.17) is 17.0 Å². The predicted molar refractivity (Wildman–Crippen MR) is 93.9 cm³/mol. The summed E-state index contributed by atoms with van der Waals surface area (Å²) in [4.78, 5) is 0. The van der Waals surface area contributed by atoms with Crippen molar-refractivity contribution < 1.29 is 22.6 Å². The van der Waals surface area contributed by atoms with E-state index >= 15 is 0 Å². The number of hydrogen-bond donors (Lipinski definition) is 2. The number of methoxy groups -OCH3 is 1. The minimum Gasteiger partial charge on any atom is -0.497 e. The van der Waals surface area contributed by atoms with Crippen LogP contribution in [-0.2, 0) is 6.54 Å². The Kier molecular flexibility index (Phi) is 6.08. The van der Waals surface area contributed by atoms with Crippen LogP contribution in [0, 0.1) is 6.92 Å². The summed E-state index contributed by atoms with van der Waals surface area (Å²) in [6, 6.07) is 11.3. The smallest absolute Gasteiger partial charge is 0.497 e. The Morgan fingerprint density at radius 3 is 2.52 bits per heavy atom. The molecule has 0 aliphatic rings. The fourth-order valence-electron chi connectivity index (χ4n) is 2.12. The number of alkyl halides is 3. The molecule has 0 fully saturated rings. The molecule has 0 aliphatic heterocycles. The molecule has 0 radical (unpaired) electrons. The lowest BCUT2D eigenvalue weighted by Gasteiger charge is -2.16. The third-order valence-electron chi connectivity index (χ3n) is 3.32. The summed E-state index contributed by atoms with van der Waals surface area (Å²) in [6.07, 6.45) is -4.74. The van der Waals surface area contributed by atoms with Crippen LogP contribution in [0.3, 0.4) is 0 Å². The maximum atomic E-state index is 12.4. The van der Waals surface area contributed by atoms with Crippen LogP contribution in [-0.4, -0.2) is 18.6 Å². The zero-order chi connectivity index (χ0) is 18.4. The average Bonchev–Trinajstić information content (AvgIpc) is 2.54. The van der Waals surface area contributed by atoms with Crippen molar-refractivity contribution in [3.05, 3.63) is 53.6 Å². The van der Waals surface area contributed by atoms with Crippen LogP contribution >= 0.6 is 12.2 Å². The van der Waals surface area contributed by atoms with Crippen molar-refractivity contribution in [2.45, 2.75) is 19.8 Å². The molecule has 2 N–H and O–H groups in total. The van der Waals surface area contributed by atoms with Crippen molar-refractivity contribution in [3.8, 4) is 11.5 Å². The number of thiocarbonyl (C=S) groups is 1. The maximum Gasteiger partial charge on any atom is 0.573 e. The molecule has 0 saturated carbocycles. The van der Waals surface area contributed by atoms with Crippen LogP contribution in [0.4, 0.5) is 18.9 Å². The molecule has 2 aromatic carbocycles. The van der Waals surface area contributed by atoms with Crippen LogP contribution in [0.1, 0.15) is 11.1 Å². The van der Waals surface area contributed by atoms with E-state index in [9.17, 15) is 13.2 Å². The molecule has 4 nitrogen and oxygen atoms in total. The van der Waals surface area contributed by atoms with E-state index in [1.807, 2.05) is 19.1 Å². The number of nitrogens with one attached hydrogen (secondary N) is 2. The first-order chi connectivity index (χ1) is 11.8. The molecular weight excluding hydrogens is 353 g/mol. The fourth-order valence-corrected chi connectivity index (χ4v) is 2.30. The average molecular weight is 370 g/mol. The van der Waals surface area contributed by atoms with E-state index in [2.05, 4.69) is 15.4 Å². The Morgan fingerprint density at radius 1 is 1.16 bits per heavy atom. The van der Waals surface area contributed by atoms with Gasteiger partial charge in [0.25, 0.3) is 0 Å². The molecule has 8 heteroatoms. The van der Waals surface area contributed by atoms with Gasteiger partial charge >= 0.3 is 6.36 Å². The van der Waals surface area contributed by atoms with Gasteiger partial charge in [0.15, 0.2) is 5.11 Å². The summed E-state index contributed by atoms with van der Waals surface area (Å²) in [5.41, 5.74) is 2.04. The molecule has 0 unspecified atom stereocenters. The third-order valence-corrected chi connectivity index (χ3v) is 3.57. The van der Waals surface area contributed by atoms with E-state index in [1.165, 1.54) is 18.2 Å². The Labute approximate surface area is 148 Å². The van der Waals surface area contributed by atoms with Crippen molar-refractivity contribution >= 4 is 23.0 Å². The highest BCUT2D eigenvalue weighted by Gasteiger charge is 2.31. The number of ether oxygens (including phenoxy) is 2. The first-order valence-corrected chi connectivity index (χ1v) is 7.72. The van der Waals surface area contributed by atoms with Gasteiger partial charge in [-0.1, -0.05) is 18.2 Å². The normalized spacial score (nSPS) is 10.9. The van der Waals surface area contributed by atoms with E-state index in [-0.39, 0.29) is 17.4 Å². The number of anilines is 1. The first-order valence-electron chi connectivity index (χ1n) is 7.31. The van der Waals surface area contributed by atoms with Gasteiger partial charge in [-0.25, -0.2) is 0 Å². The van der Waals surface area contributed by atoms with Crippen molar-refractivity contribution in [1.82, 2.24) is 5.32 Å². The lowest BCUT2D eigenvalue weighted by molar-refractivity contribution is -0.274. The monoisotopic (exact) mass is 370 g/mol. The maximum absolute atomic E-state index is 12.4. The summed E-state index contributed by atoms with van der Waals surface area (Å²) in [7, 11) is 1.58. The number of para-hydroxylation sites is 1. The minimum atomic E-state index is -4.74. The highest BCUT2D eigenvalue weighted by atomic mass is 32.1. The van der Waals surface area contributed by atoms with Gasteiger partial charge in [0.05, 0.1) is 7.11 Å². The third kappa shape index (κ3) is 5.82. The summed E-state index contributed by atoms with van der Waals surface area (Å²) < 4.78 is 46.4. The molecule has 0 aromatic heterocycles. The predicted octanol–water partition coefficient (Wildman–Crippen LogP) is 4.39. The zero-order valence-electron chi connectivity index (χ0n) is 13.6. The van der Waals surface area contributed by atoms with Crippen molar-refractivity contribution in [2.75, 3.05) is 12.4 Å². The lowest BCUT2D eigenvalue weighted by atomic mass is 10.2. The standard InChI is InChI=1S/C17H17F3N2O2S/c1-11-9-13(23-2)7-8-14(11)22-16(25)21-10-12-5-3-4-6-15(12)24-17(18,19)20/h3-9H,10H2,1-2H3,(H2,21,22,25). The van der Waals surface area contributed by atoms with E-state index in [0.29, 0.717) is 5.56 Å². The van der Waals surface area contributed by atoms with Gasteiger partial charge in [-0.15, -0.1) is 13.2 Å². The number of rotatable bonds is 5. The first kappa shape index (κ1) is 18.9. The molecule has 0 heterocycles. The second kappa shape index (κ2) is 8.06. The quantitative estimate of drug-likeness (QED) is 0.764. The Balaban J connectivity index is 1.99. The lowest BCUT2D eigenvalue weighted by Crippen LogP contribution is -2.28. The zero-order valence-corrected chi connectivity index (χ0v) is 14.4. The Hall–Kier alpha value is -2.48. The minimum absolute atomic E-state index is 0.0906. The van der Waals surface area contributed by atoms with Crippen LogP contribution in [0.5, 0.6) is 11.5 Å². The molecule has 0 spiro atoms. The molecule has 2 rings (SSSR count). The van der Waals surface area contributed by atoms with Crippen molar-refractivity contribution in [2.24, 2.45) is 0 Å².